The molecule has 2 heterocycles. The lowest BCUT2D eigenvalue weighted by molar-refractivity contribution is -0.184. The molecule has 2 rings (SSSR count). The quantitative estimate of drug-likeness (QED) is 0.766. The smallest absolute Gasteiger partial charge is 0.365 e. The summed E-state index contributed by atoms with van der Waals surface area (Å²) in [5, 5.41) is 0. The van der Waals surface area contributed by atoms with E-state index in [1.54, 1.807) is 0 Å². The molecule has 18 heavy (non-hydrogen) atoms. The number of halogens is 3. The summed E-state index contributed by atoms with van der Waals surface area (Å²) in [6, 6.07) is 1.40. The Bertz CT molecular complexity index is 499. The molecule has 1 aromatic rings. The molecule has 0 amide bonds. The van der Waals surface area contributed by atoms with E-state index in [0.29, 0.717) is 11.1 Å². The van der Waals surface area contributed by atoms with Crippen LogP contribution in [0.25, 0.3) is 0 Å². The largest absolute Gasteiger partial charge is 0.392 e. The van der Waals surface area contributed by atoms with Crippen molar-refractivity contribution in [3.05, 3.63) is 29.1 Å². The van der Waals surface area contributed by atoms with E-state index in [1.165, 1.54) is 26.1 Å². The summed E-state index contributed by atoms with van der Waals surface area (Å²) in [4.78, 5) is 15.1. The Morgan fingerprint density at radius 2 is 2.22 bits per heavy atom. The van der Waals surface area contributed by atoms with Crippen molar-refractivity contribution in [1.82, 2.24) is 4.98 Å². The van der Waals surface area contributed by atoms with Crippen molar-refractivity contribution >= 4 is 5.78 Å². The Morgan fingerprint density at radius 1 is 1.56 bits per heavy atom. The van der Waals surface area contributed by atoms with Crippen LogP contribution in [-0.4, -0.2) is 16.9 Å². The van der Waals surface area contributed by atoms with Gasteiger partial charge in [0.1, 0.15) is 5.69 Å². The number of hydrogen-bond acceptors (Lipinski definition) is 3. The molecule has 0 unspecified atom stereocenters. The molecule has 1 aliphatic heterocycles. The summed E-state index contributed by atoms with van der Waals surface area (Å²) in [6.07, 6.45) is -3.99. The summed E-state index contributed by atoms with van der Waals surface area (Å²) >= 11 is 0. The minimum absolute atomic E-state index is 0.0904. The number of alkyl halides is 3. The van der Waals surface area contributed by atoms with Gasteiger partial charge in [-0.15, -0.1) is 0 Å². The zero-order chi connectivity index (χ0) is 13.6. The zero-order valence-electron chi connectivity index (χ0n) is 9.97. The maximum Gasteiger partial charge on any atom is 0.392 e. The maximum absolute atomic E-state index is 12.5. The van der Waals surface area contributed by atoms with Crippen molar-refractivity contribution in [2.24, 2.45) is 0 Å². The van der Waals surface area contributed by atoms with Crippen molar-refractivity contribution < 1.29 is 22.7 Å². The van der Waals surface area contributed by atoms with Gasteiger partial charge in [-0.05, 0) is 18.6 Å². The van der Waals surface area contributed by atoms with Crippen LogP contribution in [0.3, 0.4) is 0 Å². The minimum atomic E-state index is -4.32. The van der Waals surface area contributed by atoms with E-state index in [0.717, 1.165) is 0 Å². The number of ether oxygens (including phenoxy) is 1. The van der Waals surface area contributed by atoms with Gasteiger partial charge in [0.05, 0.1) is 18.6 Å². The normalized spacial score (nSPS) is 22.9. The highest BCUT2D eigenvalue weighted by Gasteiger charge is 2.45. The Balaban J connectivity index is 2.42. The Kier molecular flexibility index (Phi) is 2.93. The third kappa shape index (κ3) is 2.38. The number of rotatable bonds is 2. The van der Waals surface area contributed by atoms with Gasteiger partial charge in [-0.3, -0.25) is 9.78 Å². The first-order valence-electron chi connectivity index (χ1n) is 5.42. The summed E-state index contributed by atoms with van der Waals surface area (Å²) in [7, 11) is 0. The van der Waals surface area contributed by atoms with Crippen molar-refractivity contribution in [3.63, 3.8) is 0 Å². The number of pyridine rings is 1. The number of carbonyl (C=O) groups is 1. The molecule has 6 heteroatoms. The predicted octanol–water partition coefficient (Wildman–Crippen LogP) is 2.98. The van der Waals surface area contributed by atoms with Crippen LogP contribution in [0.5, 0.6) is 0 Å². The lowest BCUT2D eigenvalue weighted by Gasteiger charge is -2.26. The highest BCUT2D eigenvalue weighted by Crippen LogP contribution is 2.43. The summed E-state index contributed by atoms with van der Waals surface area (Å²) in [5.41, 5.74) is -0.264. The number of carbonyl (C=O) groups excluding carboxylic acids is 1. The van der Waals surface area contributed by atoms with E-state index in [-0.39, 0.29) is 18.1 Å². The first-order chi connectivity index (χ1) is 8.21. The molecule has 0 N–H and O–H groups in total. The molecule has 0 aromatic carbocycles. The third-order valence-corrected chi connectivity index (χ3v) is 3.00. The van der Waals surface area contributed by atoms with Crippen molar-refractivity contribution in [2.45, 2.75) is 38.7 Å². The van der Waals surface area contributed by atoms with Gasteiger partial charge in [0, 0.05) is 18.7 Å². The average molecular weight is 259 g/mol. The van der Waals surface area contributed by atoms with Gasteiger partial charge in [0.15, 0.2) is 5.78 Å². The van der Waals surface area contributed by atoms with Gasteiger partial charge >= 0.3 is 6.18 Å². The second-order valence-electron chi connectivity index (χ2n) is 4.59. The van der Waals surface area contributed by atoms with Crippen LogP contribution in [0, 0.1) is 0 Å². The molecular weight excluding hydrogens is 247 g/mol. The fraction of sp³-hybridized carbons (Fsp3) is 0.500. The van der Waals surface area contributed by atoms with Crippen LogP contribution in [-0.2, 0) is 16.9 Å². The molecule has 1 aliphatic rings. The molecule has 0 bridgehead atoms. The van der Waals surface area contributed by atoms with Gasteiger partial charge in [-0.2, -0.15) is 13.2 Å². The lowest BCUT2D eigenvalue weighted by atomic mass is 9.91. The van der Waals surface area contributed by atoms with E-state index in [4.69, 9.17) is 4.74 Å². The molecule has 3 nitrogen and oxygen atoms in total. The van der Waals surface area contributed by atoms with Crippen LogP contribution >= 0.6 is 0 Å². The van der Waals surface area contributed by atoms with Crippen LogP contribution in [0.4, 0.5) is 13.2 Å². The van der Waals surface area contributed by atoms with E-state index < -0.39 is 18.2 Å². The molecule has 0 radical (unpaired) electrons. The van der Waals surface area contributed by atoms with Gasteiger partial charge in [-0.25, -0.2) is 0 Å². The molecule has 0 fully saturated rings. The first kappa shape index (κ1) is 13.0. The molecule has 0 spiro atoms. The van der Waals surface area contributed by atoms with Crippen molar-refractivity contribution in [1.29, 1.82) is 0 Å². The highest BCUT2D eigenvalue weighted by molar-refractivity contribution is 5.92. The number of aromatic nitrogens is 1. The van der Waals surface area contributed by atoms with Crippen LogP contribution in [0.1, 0.15) is 41.9 Å². The average Bonchev–Trinajstić information content (AvgIpc) is 2.53. The topological polar surface area (TPSA) is 39.2 Å². The lowest BCUT2D eigenvalue weighted by Crippen LogP contribution is -2.29. The summed E-state index contributed by atoms with van der Waals surface area (Å²) in [6.45, 7) is 2.80. The number of nitrogens with zero attached hydrogens (tertiary/aromatic N) is 1. The SMILES string of the molecule is CC(=O)c1cc2c(cn1)CO[C@]2(C)CC(F)(F)F. The van der Waals surface area contributed by atoms with Gasteiger partial charge in [0.2, 0.25) is 0 Å². The van der Waals surface area contributed by atoms with Crippen molar-refractivity contribution in [3.8, 4) is 0 Å². The second-order valence-corrected chi connectivity index (χ2v) is 4.59. The van der Waals surface area contributed by atoms with Crippen molar-refractivity contribution in [2.75, 3.05) is 0 Å². The fourth-order valence-electron chi connectivity index (χ4n) is 2.13. The summed E-state index contributed by atoms with van der Waals surface area (Å²) in [5.74, 6) is -0.279. The fourth-order valence-corrected chi connectivity index (χ4v) is 2.13. The zero-order valence-corrected chi connectivity index (χ0v) is 9.97. The molecule has 1 aromatic heterocycles. The van der Waals surface area contributed by atoms with Crippen LogP contribution in [0.15, 0.2) is 12.3 Å². The van der Waals surface area contributed by atoms with E-state index in [1.807, 2.05) is 0 Å². The number of fused-ring (bicyclic) bond motifs is 1. The molecule has 0 saturated heterocycles. The molecule has 0 aliphatic carbocycles. The highest BCUT2D eigenvalue weighted by atomic mass is 19.4. The minimum Gasteiger partial charge on any atom is -0.365 e. The van der Waals surface area contributed by atoms with Gasteiger partial charge in [-0.1, -0.05) is 0 Å². The van der Waals surface area contributed by atoms with E-state index in [2.05, 4.69) is 4.98 Å². The maximum atomic E-state index is 12.5. The van der Waals surface area contributed by atoms with Crippen LogP contribution in [0.2, 0.25) is 0 Å². The second kappa shape index (κ2) is 4.05. The van der Waals surface area contributed by atoms with Crippen LogP contribution < -0.4 is 0 Å². The number of hydrogen-bond donors (Lipinski definition) is 0. The molecule has 1 atom stereocenters. The molecular formula is C12H12F3NO2. The van der Waals surface area contributed by atoms with E-state index in [9.17, 15) is 18.0 Å². The Hall–Kier alpha value is -1.43. The molecule has 98 valence electrons. The third-order valence-electron chi connectivity index (χ3n) is 3.00. The van der Waals surface area contributed by atoms with E-state index >= 15 is 0 Å². The number of Topliss-reactive ketones (excluding diaryl/α,β-unsaturated/α-hetero) is 1. The standard InChI is InChI=1S/C12H12F3NO2/c1-7(17)10-3-9-8(4-16-10)5-18-11(9,2)6-12(13,14)15/h3-4H,5-6H2,1-2H3/t11-/m1/s1. The molecule has 0 saturated carbocycles. The monoisotopic (exact) mass is 259 g/mol. The summed E-state index contributed by atoms with van der Waals surface area (Å²) < 4.78 is 42.9. The Morgan fingerprint density at radius 3 is 2.78 bits per heavy atom. The predicted molar refractivity (Wildman–Crippen MR) is 57.1 cm³/mol. The first-order valence-corrected chi connectivity index (χ1v) is 5.42. The number of ketones is 1. The van der Waals surface area contributed by atoms with Gasteiger partial charge in [0.25, 0.3) is 0 Å². The Labute approximate surface area is 102 Å². The van der Waals surface area contributed by atoms with Gasteiger partial charge < -0.3 is 4.74 Å².